The maximum Gasteiger partial charge on any atom is 0.321 e. The van der Waals surface area contributed by atoms with Gasteiger partial charge in [-0.05, 0) is 31.2 Å². The van der Waals surface area contributed by atoms with Gasteiger partial charge in [0.05, 0.1) is 13.7 Å². The number of rotatable bonds is 3. The molecule has 102 valence electrons. The van der Waals surface area contributed by atoms with Gasteiger partial charge in [-0.2, -0.15) is 0 Å². The minimum absolute atomic E-state index is 0.216. The van der Waals surface area contributed by atoms with Gasteiger partial charge in [0.25, 0.3) is 0 Å². The lowest BCUT2D eigenvalue weighted by atomic mass is 10.3. The molecule has 0 spiro atoms. The number of hydrogen-bond acceptors (Lipinski definition) is 3. The Kier molecular flexibility index (Phi) is 4.06. The molecule has 0 amide bonds. The zero-order chi connectivity index (χ0) is 14.5. The molecule has 0 radical (unpaired) electrons. The first-order valence-electron chi connectivity index (χ1n) is 6.03. The van der Waals surface area contributed by atoms with Crippen LogP contribution in [0.2, 0.25) is 0 Å². The summed E-state index contributed by atoms with van der Waals surface area (Å²) in [5.41, 5.74) is -0.580. The van der Waals surface area contributed by atoms with Crippen LogP contribution in [0, 0.1) is 11.8 Å². The fourth-order valence-corrected chi connectivity index (χ4v) is 1.74. The molecule has 2 rings (SSSR count). The number of methoxy groups -OCH3 is 1. The lowest BCUT2D eigenvalue weighted by Gasteiger charge is -2.07. The Labute approximate surface area is 116 Å². The van der Waals surface area contributed by atoms with Gasteiger partial charge in [0.1, 0.15) is 5.75 Å². The van der Waals surface area contributed by atoms with Gasteiger partial charge >= 0.3 is 11.1 Å². The minimum Gasteiger partial charge on any atom is -0.497 e. The van der Waals surface area contributed by atoms with Gasteiger partial charge in [-0.1, -0.05) is 5.92 Å². The van der Waals surface area contributed by atoms with Crippen molar-refractivity contribution in [3.8, 4) is 23.3 Å². The van der Waals surface area contributed by atoms with Crippen LogP contribution < -0.4 is 15.9 Å². The highest BCUT2D eigenvalue weighted by molar-refractivity contribution is 5.37. The molecule has 0 unspecified atom stereocenters. The first kappa shape index (κ1) is 13.7. The van der Waals surface area contributed by atoms with E-state index in [1.807, 2.05) is 0 Å². The van der Waals surface area contributed by atoms with Crippen molar-refractivity contribution in [1.29, 1.82) is 0 Å². The van der Waals surface area contributed by atoms with E-state index >= 15 is 0 Å². The molecular weight excluding hydrogens is 256 g/mol. The molecule has 0 bridgehead atoms. The summed E-state index contributed by atoms with van der Waals surface area (Å²) in [5, 5.41) is 0. The van der Waals surface area contributed by atoms with Crippen LogP contribution in [0.15, 0.2) is 46.2 Å². The largest absolute Gasteiger partial charge is 0.497 e. The molecule has 1 aromatic heterocycles. The molecule has 0 fully saturated rings. The molecule has 1 aromatic carbocycles. The third kappa shape index (κ3) is 2.64. The van der Waals surface area contributed by atoms with Crippen molar-refractivity contribution < 1.29 is 4.74 Å². The van der Waals surface area contributed by atoms with Crippen molar-refractivity contribution in [2.75, 3.05) is 7.11 Å². The molecule has 5 nitrogen and oxygen atoms in total. The number of aromatic nitrogens is 2. The smallest absolute Gasteiger partial charge is 0.321 e. The van der Waals surface area contributed by atoms with Gasteiger partial charge in [-0.3, -0.25) is 18.7 Å². The second-order valence-electron chi connectivity index (χ2n) is 4.03. The summed E-state index contributed by atoms with van der Waals surface area (Å²) in [6.07, 6.45) is 3.11. The van der Waals surface area contributed by atoms with E-state index in [0.29, 0.717) is 11.4 Å². The van der Waals surface area contributed by atoms with Crippen LogP contribution in [0.4, 0.5) is 0 Å². The van der Waals surface area contributed by atoms with Crippen molar-refractivity contribution in [2.24, 2.45) is 0 Å². The normalized spacial score (nSPS) is 9.70. The van der Waals surface area contributed by atoms with Crippen molar-refractivity contribution in [2.45, 2.75) is 13.5 Å². The molecule has 0 saturated carbocycles. The molecule has 2 aromatic rings. The van der Waals surface area contributed by atoms with Gasteiger partial charge in [-0.25, -0.2) is 0 Å². The Balaban J connectivity index is 2.47. The Morgan fingerprint density at radius 2 is 1.80 bits per heavy atom. The lowest BCUT2D eigenvalue weighted by molar-refractivity contribution is 0.414. The maximum atomic E-state index is 12.1. The van der Waals surface area contributed by atoms with Gasteiger partial charge < -0.3 is 4.74 Å². The third-order valence-corrected chi connectivity index (χ3v) is 2.84. The first-order valence-corrected chi connectivity index (χ1v) is 6.03. The summed E-state index contributed by atoms with van der Waals surface area (Å²) < 4.78 is 7.65. The molecule has 20 heavy (non-hydrogen) atoms. The van der Waals surface area contributed by atoms with E-state index in [0.717, 1.165) is 0 Å². The van der Waals surface area contributed by atoms with Gasteiger partial charge in [0, 0.05) is 18.1 Å². The minimum atomic E-state index is -0.601. The Bertz CT molecular complexity index is 774. The lowest BCUT2D eigenvalue weighted by Crippen LogP contribution is -2.39. The van der Waals surface area contributed by atoms with Crippen LogP contribution in [0.25, 0.3) is 5.69 Å². The predicted octanol–water partition coefficient (Wildman–Crippen LogP) is 1.03. The van der Waals surface area contributed by atoms with Crippen molar-refractivity contribution >= 4 is 0 Å². The second-order valence-corrected chi connectivity index (χ2v) is 4.03. The van der Waals surface area contributed by atoms with E-state index in [4.69, 9.17) is 4.74 Å². The molecule has 0 N–H and O–H groups in total. The topological polar surface area (TPSA) is 53.2 Å². The summed E-state index contributed by atoms with van der Waals surface area (Å²) in [6, 6.07) is 6.90. The van der Waals surface area contributed by atoms with E-state index in [9.17, 15) is 9.59 Å². The van der Waals surface area contributed by atoms with Crippen LogP contribution >= 0.6 is 0 Å². The summed E-state index contributed by atoms with van der Waals surface area (Å²) in [7, 11) is 1.57. The summed E-state index contributed by atoms with van der Waals surface area (Å²) in [6.45, 7) is 1.90. The molecular formula is C15H14N2O3. The summed E-state index contributed by atoms with van der Waals surface area (Å²) in [4.78, 5) is 24.0. The van der Waals surface area contributed by atoms with Crippen LogP contribution in [0.1, 0.15) is 6.92 Å². The van der Waals surface area contributed by atoms with Crippen molar-refractivity contribution in [3.63, 3.8) is 0 Å². The third-order valence-electron chi connectivity index (χ3n) is 2.84. The van der Waals surface area contributed by atoms with Crippen molar-refractivity contribution in [3.05, 3.63) is 57.4 Å². The highest BCUT2D eigenvalue weighted by atomic mass is 16.5. The van der Waals surface area contributed by atoms with E-state index in [1.54, 1.807) is 50.7 Å². The molecule has 0 aliphatic carbocycles. The van der Waals surface area contributed by atoms with Crippen molar-refractivity contribution in [1.82, 2.24) is 9.13 Å². The number of nitrogens with zero attached hydrogens (tertiary/aromatic N) is 2. The van der Waals surface area contributed by atoms with E-state index in [1.165, 1.54) is 9.13 Å². The zero-order valence-electron chi connectivity index (χ0n) is 11.3. The Hall–Kier alpha value is -2.74. The maximum absolute atomic E-state index is 12.1. The fourth-order valence-electron chi connectivity index (χ4n) is 1.74. The zero-order valence-corrected chi connectivity index (χ0v) is 11.3. The van der Waals surface area contributed by atoms with Crippen LogP contribution in [0.5, 0.6) is 5.75 Å². The highest BCUT2D eigenvalue weighted by Gasteiger charge is 2.06. The van der Waals surface area contributed by atoms with Gasteiger partial charge in [0.2, 0.25) is 0 Å². The number of benzene rings is 1. The molecule has 0 saturated heterocycles. The Morgan fingerprint density at radius 1 is 1.10 bits per heavy atom. The molecule has 0 atom stereocenters. The van der Waals surface area contributed by atoms with Crippen LogP contribution in [-0.2, 0) is 6.54 Å². The predicted molar refractivity (Wildman–Crippen MR) is 76.3 cm³/mol. The Morgan fingerprint density at radius 3 is 2.40 bits per heavy atom. The first-order chi connectivity index (χ1) is 9.67. The summed E-state index contributed by atoms with van der Waals surface area (Å²) in [5.74, 6) is 6.13. The quantitative estimate of drug-likeness (QED) is 0.618. The fraction of sp³-hybridized carbons (Fsp3) is 0.200. The van der Waals surface area contributed by atoms with E-state index in [2.05, 4.69) is 11.8 Å². The van der Waals surface area contributed by atoms with E-state index in [-0.39, 0.29) is 6.54 Å². The number of ether oxygens (including phenoxy) is 1. The van der Waals surface area contributed by atoms with Crippen LogP contribution in [0.3, 0.4) is 0 Å². The molecule has 0 aliphatic rings. The molecule has 1 heterocycles. The second kappa shape index (κ2) is 5.93. The molecule has 0 aliphatic heterocycles. The van der Waals surface area contributed by atoms with Gasteiger partial charge in [0.15, 0.2) is 0 Å². The van der Waals surface area contributed by atoms with E-state index < -0.39 is 11.1 Å². The molecule has 5 heteroatoms. The van der Waals surface area contributed by atoms with Gasteiger partial charge in [-0.15, -0.1) is 5.92 Å². The number of hydrogen-bond donors (Lipinski definition) is 0. The standard InChI is InChI=1S/C15H14N2O3/c1-3-4-9-16-10-11-17(15(19)14(16)18)12-5-7-13(20-2)8-6-12/h5-8,10-11H,9H2,1-2H3. The average Bonchev–Trinajstić information content (AvgIpc) is 2.49. The van der Waals surface area contributed by atoms with Crippen LogP contribution in [-0.4, -0.2) is 16.2 Å². The average molecular weight is 270 g/mol. The highest BCUT2D eigenvalue weighted by Crippen LogP contribution is 2.12. The SMILES string of the molecule is CC#CCn1ccn(-c2ccc(OC)cc2)c(=O)c1=O. The monoisotopic (exact) mass is 270 g/mol. The summed E-state index contributed by atoms with van der Waals surface area (Å²) >= 11 is 0.